The van der Waals surface area contributed by atoms with Gasteiger partial charge in [-0.1, -0.05) is 38.8 Å². The van der Waals surface area contributed by atoms with Gasteiger partial charge >= 0.3 is 0 Å². The number of nitrogens with zero attached hydrogens (tertiary/aromatic N) is 1. The zero-order valence-electron chi connectivity index (χ0n) is 15.3. The monoisotopic (exact) mass is 351 g/mol. The molecule has 1 fully saturated rings. The van der Waals surface area contributed by atoms with Gasteiger partial charge in [0.05, 0.1) is 11.1 Å². The Morgan fingerprint density at radius 1 is 1.00 bits per heavy atom. The molecule has 136 valence electrons. The Labute approximate surface area is 154 Å². The second kappa shape index (κ2) is 8.13. The van der Waals surface area contributed by atoms with Gasteiger partial charge in [-0.25, -0.2) is 0 Å². The summed E-state index contributed by atoms with van der Waals surface area (Å²) >= 11 is 0. The van der Waals surface area contributed by atoms with Gasteiger partial charge in [-0.05, 0) is 42.5 Å². The van der Waals surface area contributed by atoms with E-state index in [1.807, 2.05) is 24.3 Å². The summed E-state index contributed by atoms with van der Waals surface area (Å²) in [6.07, 6.45) is 7.32. The minimum Gasteiger partial charge on any atom is -0.349 e. The van der Waals surface area contributed by atoms with E-state index in [9.17, 15) is 9.59 Å². The number of rotatable bonds is 5. The van der Waals surface area contributed by atoms with Crippen LogP contribution in [0.2, 0.25) is 0 Å². The fourth-order valence-electron chi connectivity index (χ4n) is 3.18. The third-order valence-electron chi connectivity index (χ3n) is 4.79. The van der Waals surface area contributed by atoms with E-state index in [0.29, 0.717) is 17.0 Å². The number of nitrogens with one attached hydrogen (secondary N) is 2. The van der Waals surface area contributed by atoms with Crippen molar-refractivity contribution in [2.24, 2.45) is 0 Å². The maximum Gasteiger partial charge on any atom is 0.257 e. The van der Waals surface area contributed by atoms with Gasteiger partial charge in [0.15, 0.2) is 0 Å². The molecular weight excluding hydrogens is 326 g/mol. The third-order valence-corrected chi connectivity index (χ3v) is 4.79. The molecule has 0 saturated heterocycles. The Morgan fingerprint density at radius 3 is 2.23 bits per heavy atom. The average Bonchev–Trinajstić information content (AvgIpc) is 3.15. The maximum absolute atomic E-state index is 12.5. The molecule has 5 heteroatoms. The third kappa shape index (κ3) is 4.48. The topological polar surface area (TPSA) is 71.1 Å². The molecule has 3 rings (SSSR count). The lowest BCUT2D eigenvalue weighted by molar-refractivity contribution is 0.0937. The predicted octanol–water partition coefficient (Wildman–Crippen LogP) is 4.13. The molecule has 1 aliphatic carbocycles. The molecule has 0 radical (unpaired) electrons. The van der Waals surface area contributed by atoms with Gasteiger partial charge in [-0.3, -0.25) is 14.6 Å². The second-order valence-corrected chi connectivity index (χ2v) is 7.15. The van der Waals surface area contributed by atoms with Crippen LogP contribution in [0.4, 0.5) is 5.69 Å². The molecule has 1 aromatic heterocycles. The lowest BCUT2D eigenvalue weighted by Crippen LogP contribution is -2.32. The number of carbonyl (C=O) groups excluding carboxylic acids is 2. The Balaban J connectivity index is 1.66. The molecular formula is C21H25N3O2. The van der Waals surface area contributed by atoms with Gasteiger partial charge < -0.3 is 10.6 Å². The molecule has 0 unspecified atom stereocenters. The van der Waals surface area contributed by atoms with Crippen molar-refractivity contribution in [2.45, 2.75) is 51.5 Å². The van der Waals surface area contributed by atoms with Crippen molar-refractivity contribution in [1.29, 1.82) is 0 Å². The van der Waals surface area contributed by atoms with E-state index >= 15 is 0 Å². The van der Waals surface area contributed by atoms with Crippen molar-refractivity contribution in [2.75, 3.05) is 5.32 Å². The summed E-state index contributed by atoms with van der Waals surface area (Å²) in [5, 5.41) is 5.87. The molecule has 0 spiro atoms. The van der Waals surface area contributed by atoms with E-state index in [-0.39, 0.29) is 17.9 Å². The molecule has 26 heavy (non-hydrogen) atoms. The van der Waals surface area contributed by atoms with Crippen LogP contribution in [0.5, 0.6) is 0 Å². The lowest BCUT2D eigenvalue weighted by atomic mass is 10.0. The van der Waals surface area contributed by atoms with Crippen LogP contribution in [0, 0.1) is 0 Å². The molecule has 5 nitrogen and oxygen atoms in total. The van der Waals surface area contributed by atoms with Crippen LogP contribution in [0.1, 0.15) is 71.7 Å². The molecule has 1 heterocycles. The highest BCUT2D eigenvalue weighted by Gasteiger charge is 2.19. The highest BCUT2D eigenvalue weighted by Crippen LogP contribution is 2.19. The summed E-state index contributed by atoms with van der Waals surface area (Å²) in [4.78, 5) is 28.9. The SMILES string of the molecule is CC(C)c1ccc(NC(=O)c2cncc(C(=O)NC3CCCC3)c2)cc1. The van der Waals surface area contributed by atoms with E-state index in [1.165, 1.54) is 18.0 Å². The summed E-state index contributed by atoms with van der Waals surface area (Å²) in [7, 11) is 0. The van der Waals surface area contributed by atoms with Gasteiger partial charge in [0.25, 0.3) is 11.8 Å². The fraction of sp³-hybridized carbons (Fsp3) is 0.381. The molecule has 0 atom stereocenters. The Hall–Kier alpha value is -2.69. The van der Waals surface area contributed by atoms with Gasteiger partial charge in [-0.15, -0.1) is 0 Å². The quantitative estimate of drug-likeness (QED) is 0.851. The number of carbonyl (C=O) groups is 2. The second-order valence-electron chi connectivity index (χ2n) is 7.15. The van der Waals surface area contributed by atoms with E-state index in [1.54, 1.807) is 6.07 Å². The van der Waals surface area contributed by atoms with Crippen molar-refractivity contribution in [3.63, 3.8) is 0 Å². The summed E-state index contributed by atoms with van der Waals surface area (Å²) in [5.41, 5.74) is 2.73. The highest BCUT2D eigenvalue weighted by atomic mass is 16.2. The van der Waals surface area contributed by atoms with Crippen molar-refractivity contribution in [3.05, 3.63) is 59.4 Å². The average molecular weight is 351 g/mol. The van der Waals surface area contributed by atoms with E-state index in [0.717, 1.165) is 31.4 Å². The van der Waals surface area contributed by atoms with Crippen LogP contribution in [-0.4, -0.2) is 22.8 Å². The summed E-state index contributed by atoms with van der Waals surface area (Å²) < 4.78 is 0. The van der Waals surface area contributed by atoms with Gasteiger partial charge in [0.1, 0.15) is 0 Å². The van der Waals surface area contributed by atoms with Crippen molar-refractivity contribution in [3.8, 4) is 0 Å². The highest BCUT2D eigenvalue weighted by molar-refractivity contribution is 6.05. The molecule has 2 N–H and O–H groups in total. The molecule has 1 saturated carbocycles. The Kier molecular flexibility index (Phi) is 5.66. The number of hydrogen-bond acceptors (Lipinski definition) is 3. The number of pyridine rings is 1. The molecule has 1 aromatic carbocycles. The van der Waals surface area contributed by atoms with Crippen molar-refractivity contribution >= 4 is 17.5 Å². The molecule has 2 amide bonds. The maximum atomic E-state index is 12.5. The lowest BCUT2D eigenvalue weighted by Gasteiger charge is -2.12. The minimum atomic E-state index is -0.273. The Morgan fingerprint density at radius 2 is 1.62 bits per heavy atom. The fourth-order valence-corrected chi connectivity index (χ4v) is 3.18. The first-order chi connectivity index (χ1) is 12.5. The first-order valence-electron chi connectivity index (χ1n) is 9.20. The van der Waals surface area contributed by atoms with Crippen LogP contribution >= 0.6 is 0 Å². The number of anilines is 1. The number of amides is 2. The standard InChI is InChI=1S/C21H25N3O2/c1-14(2)15-7-9-19(10-8-15)24-21(26)17-11-16(12-22-13-17)20(25)23-18-5-3-4-6-18/h7-14,18H,3-6H2,1-2H3,(H,23,25)(H,24,26). The van der Waals surface area contributed by atoms with Gasteiger partial charge in [0.2, 0.25) is 0 Å². The molecule has 0 bridgehead atoms. The van der Waals surface area contributed by atoms with Crippen LogP contribution in [0.25, 0.3) is 0 Å². The van der Waals surface area contributed by atoms with Crippen LogP contribution in [0.15, 0.2) is 42.7 Å². The molecule has 0 aliphatic heterocycles. The number of benzene rings is 1. The normalized spacial score (nSPS) is 14.4. The van der Waals surface area contributed by atoms with Crippen molar-refractivity contribution in [1.82, 2.24) is 10.3 Å². The van der Waals surface area contributed by atoms with Crippen molar-refractivity contribution < 1.29 is 9.59 Å². The predicted molar refractivity (Wildman–Crippen MR) is 102 cm³/mol. The van der Waals surface area contributed by atoms with E-state index in [2.05, 4.69) is 29.5 Å². The van der Waals surface area contributed by atoms with Gasteiger partial charge in [-0.2, -0.15) is 0 Å². The minimum absolute atomic E-state index is 0.166. The Bertz CT molecular complexity index is 778. The first kappa shape index (κ1) is 18.1. The summed E-state index contributed by atoms with van der Waals surface area (Å²) in [6, 6.07) is 9.61. The van der Waals surface area contributed by atoms with Gasteiger partial charge in [0, 0.05) is 24.1 Å². The van der Waals surface area contributed by atoms with Crippen LogP contribution < -0.4 is 10.6 Å². The molecule has 1 aliphatic rings. The number of hydrogen-bond donors (Lipinski definition) is 2. The smallest absolute Gasteiger partial charge is 0.257 e. The zero-order chi connectivity index (χ0) is 18.5. The van der Waals surface area contributed by atoms with Crippen LogP contribution in [0.3, 0.4) is 0 Å². The van der Waals surface area contributed by atoms with E-state index in [4.69, 9.17) is 0 Å². The zero-order valence-corrected chi connectivity index (χ0v) is 15.3. The summed E-state index contributed by atoms with van der Waals surface area (Å²) in [5.74, 6) is 0.00432. The molecule has 2 aromatic rings. The summed E-state index contributed by atoms with van der Waals surface area (Å²) in [6.45, 7) is 4.25. The number of aromatic nitrogens is 1. The van der Waals surface area contributed by atoms with E-state index < -0.39 is 0 Å². The van der Waals surface area contributed by atoms with Crippen LogP contribution in [-0.2, 0) is 0 Å². The largest absolute Gasteiger partial charge is 0.349 e. The first-order valence-corrected chi connectivity index (χ1v) is 9.20.